The van der Waals surface area contributed by atoms with E-state index in [0.717, 1.165) is 17.0 Å². The van der Waals surface area contributed by atoms with E-state index in [4.69, 9.17) is 14.2 Å². The first-order valence-electron chi connectivity index (χ1n) is 8.85. The number of anilines is 1. The Morgan fingerprint density at radius 3 is 2.61 bits per heavy atom. The van der Waals surface area contributed by atoms with Gasteiger partial charge in [-0.15, -0.1) is 11.3 Å². The molecule has 1 N–H and O–H groups in total. The molecule has 0 fully saturated rings. The van der Waals surface area contributed by atoms with Crippen LogP contribution in [0.3, 0.4) is 0 Å². The molecule has 7 heteroatoms. The molecule has 1 heterocycles. The number of carbonyl (C=O) groups excluding carboxylic acids is 1. The number of aromatic nitrogens is 1. The number of rotatable bonds is 9. The van der Waals surface area contributed by atoms with E-state index >= 15 is 0 Å². The van der Waals surface area contributed by atoms with Gasteiger partial charge < -0.3 is 19.5 Å². The molecular weight excluding hydrogens is 376 g/mol. The molecule has 0 aliphatic heterocycles. The molecule has 0 bridgehead atoms. The molecule has 3 aromatic rings. The van der Waals surface area contributed by atoms with Crippen molar-refractivity contribution in [1.29, 1.82) is 0 Å². The molecule has 0 spiro atoms. The molecule has 28 heavy (non-hydrogen) atoms. The van der Waals surface area contributed by atoms with E-state index in [1.807, 2.05) is 53.9 Å². The van der Waals surface area contributed by atoms with Crippen molar-refractivity contribution in [3.63, 3.8) is 0 Å². The van der Waals surface area contributed by atoms with Crippen LogP contribution in [0.15, 0.2) is 53.9 Å². The Bertz CT molecular complexity index is 912. The van der Waals surface area contributed by atoms with Crippen molar-refractivity contribution in [2.24, 2.45) is 0 Å². The maximum atomic E-state index is 12.1. The van der Waals surface area contributed by atoms with Gasteiger partial charge in [0.1, 0.15) is 5.75 Å². The molecule has 0 aliphatic rings. The highest BCUT2D eigenvalue weighted by atomic mass is 32.1. The molecule has 0 unspecified atom stereocenters. The fraction of sp³-hybridized carbons (Fsp3) is 0.238. The Labute approximate surface area is 168 Å². The molecule has 6 nitrogen and oxygen atoms in total. The number of nitrogens with one attached hydrogen (secondary N) is 1. The van der Waals surface area contributed by atoms with Crippen LogP contribution in [-0.4, -0.2) is 31.7 Å². The summed E-state index contributed by atoms with van der Waals surface area (Å²) in [6, 6.07) is 15.2. The number of para-hydroxylation sites is 1. The van der Waals surface area contributed by atoms with Crippen LogP contribution < -0.4 is 19.5 Å². The third-order valence-corrected chi connectivity index (χ3v) is 4.75. The number of ether oxygens (including phenoxy) is 3. The van der Waals surface area contributed by atoms with E-state index in [1.165, 1.54) is 11.3 Å². The number of methoxy groups -OCH3 is 2. The van der Waals surface area contributed by atoms with E-state index in [2.05, 4.69) is 10.3 Å². The zero-order valence-corrected chi connectivity index (χ0v) is 16.6. The van der Waals surface area contributed by atoms with Crippen molar-refractivity contribution in [3.05, 3.63) is 53.9 Å². The number of hydrogen-bond acceptors (Lipinski definition) is 6. The van der Waals surface area contributed by atoms with Gasteiger partial charge in [-0.3, -0.25) is 4.79 Å². The van der Waals surface area contributed by atoms with Gasteiger partial charge in [-0.2, -0.15) is 0 Å². The summed E-state index contributed by atoms with van der Waals surface area (Å²) in [6.07, 6.45) is 1.01. The van der Waals surface area contributed by atoms with Gasteiger partial charge in [-0.05, 0) is 36.8 Å². The molecule has 0 atom stereocenters. The number of thiazole rings is 1. The Kier molecular flexibility index (Phi) is 6.86. The molecule has 0 aliphatic carbocycles. The molecule has 3 rings (SSSR count). The number of hydrogen-bond donors (Lipinski definition) is 1. The van der Waals surface area contributed by atoms with Crippen LogP contribution in [0.1, 0.15) is 12.8 Å². The van der Waals surface area contributed by atoms with E-state index in [9.17, 15) is 4.79 Å². The minimum absolute atomic E-state index is 0.0788. The van der Waals surface area contributed by atoms with Crippen LogP contribution in [0, 0.1) is 0 Å². The van der Waals surface area contributed by atoms with Crippen molar-refractivity contribution in [2.75, 3.05) is 26.1 Å². The van der Waals surface area contributed by atoms with Gasteiger partial charge in [0.05, 0.1) is 26.5 Å². The first-order valence-corrected chi connectivity index (χ1v) is 9.73. The Morgan fingerprint density at radius 2 is 1.86 bits per heavy atom. The first kappa shape index (κ1) is 19.7. The monoisotopic (exact) mass is 398 g/mol. The van der Waals surface area contributed by atoms with Crippen LogP contribution in [0.5, 0.6) is 17.2 Å². The van der Waals surface area contributed by atoms with E-state index in [-0.39, 0.29) is 5.91 Å². The quantitative estimate of drug-likeness (QED) is 0.533. The fourth-order valence-corrected chi connectivity index (χ4v) is 3.32. The Morgan fingerprint density at radius 1 is 1.07 bits per heavy atom. The molecule has 2 aromatic carbocycles. The van der Waals surface area contributed by atoms with Gasteiger partial charge in [0.25, 0.3) is 0 Å². The number of benzene rings is 2. The highest BCUT2D eigenvalue weighted by Gasteiger charge is 2.11. The minimum atomic E-state index is -0.0788. The average molecular weight is 398 g/mol. The van der Waals surface area contributed by atoms with Crippen molar-refractivity contribution in [3.8, 4) is 28.5 Å². The standard InChI is InChI=1S/C21H22N2O4S/c1-25-18-11-10-15(13-19(18)26-2)17-14-28-21(22-17)23-20(24)9-6-12-27-16-7-4-3-5-8-16/h3-5,7-8,10-11,13-14H,6,9,12H2,1-2H3,(H,22,23,24). The lowest BCUT2D eigenvalue weighted by Crippen LogP contribution is -2.12. The average Bonchev–Trinajstić information content (AvgIpc) is 3.19. The smallest absolute Gasteiger partial charge is 0.226 e. The van der Waals surface area contributed by atoms with Crippen LogP contribution in [-0.2, 0) is 4.79 Å². The van der Waals surface area contributed by atoms with Crippen molar-refractivity contribution < 1.29 is 19.0 Å². The van der Waals surface area contributed by atoms with Crippen LogP contribution in [0.4, 0.5) is 5.13 Å². The predicted octanol–water partition coefficient (Wildman–Crippen LogP) is 4.63. The molecule has 0 radical (unpaired) electrons. The number of nitrogens with zero attached hydrogens (tertiary/aromatic N) is 1. The van der Waals surface area contributed by atoms with E-state index < -0.39 is 0 Å². The van der Waals surface area contributed by atoms with Gasteiger partial charge in [0, 0.05) is 17.4 Å². The topological polar surface area (TPSA) is 69.7 Å². The van der Waals surface area contributed by atoms with Gasteiger partial charge >= 0.3 is 0 Å². The third kappa shape index (κ3) is 5.23. The summed E-state index contributed by atoms with van der Waals surface area (Å²) < 4.78 is 16.2. The lowest BCUT2D eigenvalue weighted by molar-refractivity contribution is -0.116. The summed E-state index contributed by atoms with van der Waals surface area (Å²) in [5.41, 5.74) is 1.67. The lowest BCUT2D eigenvalue weighted by atomic mass is 10.1. The maximum Gasteiger partial charge on any atom is 0.226 e. The predicted molar refractivity (Wildman–Crippen MR) is 110 cm³/mol. The highest BCUT2D eigenvalue weighted by Crippen LogP contribution is 2.33. The second-order valence-electron chi connectivity index (χ2n) is 5.92. The van der Waals surface area contributed by atoms with Crippen LogP contribution >= 0.6 is 11.3 Å². The zero-order chi connectivity index (χ0) is 19.8. The summed E-state index contributed by atoms with van der Waals surface area (Å²) >= 11 is 1.39. The maximum absolute atomic E-state index is 12.1. The number of carbonyl (C=O) groups is 1. The first-order chi connectivity index (χ1) is 13.7. The van der Waals surface area contributed by atoms with Crippen molar-refractivity contribution >= 4 is 22.4 Å². The second-order valence-corrected chi connectivity index (χ2v) is 6.78. The van der Waals surface area contributed by atoms with Gasteiger partial charge in [-0.1, -0.05) is 18.2 Å². The molecule has 146 valence electrons. The lowest BCUT2D eigenvalue weighted by Gasteiger charge is -2.08. The SMILES string of the molecule is COc1ccc(-c2csc(NC(=O)CCCOc3ccccc3)n2)cc1OC. The van der Waals surface area contributed by atoms with Crippen LogP contribution in [0.2, 0.25) is 0 Å². The van der Waals surface area contributed by atoms with Crippen molar-refractivity contribution in [2.45, 2.75) is 12.8 Å². The summed E-state index contributed by atoms with van der Waals surface area (Å²) in [6.45, 7) is 0.492. The van der Waals surface area contributed by atoms with Crippen LogP contribution in [0.25, 0.3) is 11.3 Å². The molecule has 0 saturated heterocycles. The molecular formula is C21H22N2O4S. The third-order valence-electron chi connectivity index (χ3n) is 3.99. The summed E-state index contributed by atoms with van der Waals surface area (Å²) in [5, 5.41) is 5.31. The van der Waals surface area contributed by atoms with Gasteiger partial charge in [0.15, 0.2) is 16.6 Å². The van der Waals surface area contributed by atoms with E-state index in [0.29, 0.717) is 36.1 Å². The van der Waals surface area contributed by atoms with Crippen molar-refractivity contribution in [1.82, 2.24) is 4.98 Å². The summed E-state index contributed by atoms with van der Waals surface area (Å²) in [4.78, 5) is 16.6. The van der Waals surface area contributed by atoms with Gasteiger partial charge in [0.2, 0.25) is 5.91 Å². The highest BCUT2D eigenvalue weighted by molar-refractivity contribution is 7.14. The second kappa shape index (κ2) is 9.75. The Hall–Kier alpha value is -3.06. The normalized spacial score (nSPS) is 10.4. The molecule has 1 aromatic heterocycles. The minimum Gasteiger partial charge on any atom is -0.494 e. The summed E-state index contributed by atoms with van der Waals surface area (Å²) in [5.74, 6) is 2.02. The van der Waals surface area contributed by atoms with Gasteiger partial charge in [-0.25, -0.2) is 4.98 Å². The molecule has 0 saturated carbocycles. The van der Waals surface area contributed by atoms with E-state index in [1.54, 1.807) is 14.2 Å². The zero-order valence-electron chi connectivity index (χ0n) is 15.8. The fourth-order valence-electron chi connectivity index (χ4n) is 2.58. The summed E-state index contributed by atoms with van der Waals surface area (Å²) in [7, 11) is 3.19. The molecule has 1 amide bonds. The number of amides is 1. The largest absolute Gasteiger partial charge is 0.494 e. The Balaban J connectivity index is 1.50.